The molecule has 3 rings (SSSR count). The Kier molecular flexibility index (Phi) is 8.94. The van der Waals surface area contributed by atoms with Gasteiger partial charge in [-0.05, 0) is 31.9 Å². The third-order valence-corrected chi connectivity index (χ3v) is 4.91. The molecule has 0 aromatic carbocycles. The molecule has 154 valence electrons. The molecule has 1 saturated heterocycles. The standard InChI is InChI=1S/C19H30N8.HI/c1-4-17-25-22-14-27(17)13-10-21-19(20-3)24-16-8-11-26(12-9-16)18-7-5-6-15(2)23-18;/h5-7,14,16H,4,8-13H2,1-3H3,(H2,20,21,24);1H. The minimum atomic E-state index is 0. The number of pyridine rings is 1. The van der Waals surface area contributed by atoms with E-state index in [9.17, 15) is 0 Å². The highest BCUT2D eigenvalue weighted by Crippen LogP contribution is 2.18. The summed E-state index contributed by atoms with van der Waals surface area (Å²) in [6.07, 6.45) is 4.82. The summed E-state index contributed by atoms with van der Waals surface area (Å²) < 4.78 is 2.08. The maximum absolute atomic E-state index is 4.63. The average Bonchev–Trinajstić information content (AvgIpc) is 3.15. The highest BCUT2D eigenvalue weighted by molar-refractivity contribution is 14.0. The van der Waals surface area contributed by atoms with Crippen LogP contribution < -0.4 is 15.5 Å². The van der Waals surface area contributed by atoms with Crippen molar-refractivity contribution >= 4 is 35.8 Å². The predicted molar refractivity (Wildman–Crippen MR) is 124 cm³/mol. The van der Waals surface area contributed by atoms with Gasteiger partial charge in [-0.2, -0.15) is 0 Å². The highest BCUT2D eigenvalue weighted by Gasteiger charge is 2.20. The molecular weight excluding hydrogens is 467 g/mol. The Morgan fingerprint density at radius 1 is 1.29 bits per heavy atom. The number of piperidine rings is 1. The molecule has 2 aromatic rings. The lowest BCUT2D eigenvalue weighted by Gasteiger charge is -2.34. The van der Waals surface area contributed by atoms with Crippen molar-refractivity contribution in [3.8, 4) is 0 Å². The highest BCUT2D eigenvalue weighted by atomic mass is 127. The minimum Gasteiger partial charge on any atom is -0.356 e. The molecule has 1 aliphatic heterocycles. The normalized spacial score (nSPS) is 15.2. The van der Waals surface area contributed by atoms with Crippen LogP contribution in [0.2, 0.25) is 0 Å². The van der Waals surface area contributed by atoms with Crippen molar-refractivity contribution in [2.45, 2.75) is 45.7 Å². The number of aryl methyl sites for hydroxylation is 2. The molecule has 0 unspecified atom stereocenters. The van der Waals surface area contributed by atoms with Crippen molar-refractivity contribution in [1.29, 1.82) is 0 Å². The second kappa shape index (κ2) is 11.2. The largest absolute Gasteiger partial charge is 0.356 e. The Morgan fingerprint density at radius 3 is 2.75 bits per heavy atom. The molecule has 0 atom stereocenters. The van der Waals surface area contributed by atoms with E-state index in [0.29, 0.717) is 6.04 Å². The fourth-order valence-corrected chi connectivity index (χ4v) is 3.38. The smallest absolute Gasteiger partial charge is 0.191 e. The molecule has 3 heterocycles. The second-order valence-corrected chi connectivity index (χ2v) is 6.84. The van der Waals surface area contributed by atoms with Crippen LogP contribution in [0, 0.1) is 6.92 Å². The lowest BCUT2D eigenvalue weighted by atomic mass is 10.1. The van der Waals surface area contributed by atoms with Crippen LogP contribution in [0.15, 0.2) is 29.5 Å². The second-order valence-electron chi connectivity index (χ2n) is 6.84. The number of halogens is 1. The zero-order chi connectivity index (χ0) is 19.1. The van der Waals surface area contributed by atoms with Crippen LogP contribution in [-0.4, -0.2) is 58.4 Å². The van der Waals surface area contributed by atoms with Crippen molar-refractivity contribution in [1.82, 2.24) is 30.4 Å². The zero-order valence-corrected chi connectivity index (χ0v) is 19.3. The average molecular weight is 498 g/mol. The summed E-state index contributed by atoms with van der Waals surface area (Å²) in [6.45, 7) is 7.76. The van der Waals surface area contributed by atoms with Crippen molar-refractivity contribution in [2.24, 2.45) is 4.99 Å². The molecule has 9 heteroatoms. The molecule has 1 aliphatic rings. The van der Waals surface area contributed by atoms with E-state index in [1.54, 1.807) is 6.33 Å². The Bertz CT molecular complexity index is 752. The van der Waals surface area contributed by atoms with Gasteiger partial charge in [0.2, 0.25) is 0 Å². The van der Waals surface area contributed by atoms with Gasteiger partial charge in [0.1, 0.15) is 18.0 Å². The maximum Gasteiger partial charge on any atom is 0.191 e. The molecule has 0 spiro atoms. The van der Waals surface area contributed by atoms with Crippen molar-refractivity contribution in [3.63, 3.8) is 0 Å². The van der Waals surface area contributed by atoms with Crippen LogP contribution in [0.1, 0.15) is 31.3 Å². The first-order chi connectivity index (χ1) is 13.2. The Hall–Kier alpha value is -1.91. The minimum absolute atomic E-state index is 0. The SMILES string of the molecule is CCc1nncn1CCNC(=NC)NC1CCN(c2cccc(C)n2)CC1.I. The first-order valence-electron chi connectivity index (χ1n) is 9.72. The molecule has 8 nitrogen and oxygen atoms in total. The van der Waals surface area contributed by atoms with Gasteiger partial charge in [0.25, 0.3) is 0 Å². The molecule has 0 saturated carbocycles. The Morgan fingerprint density at radius 2 is 2.07 bits per heavy atom. The molecule has 0 aliphatic carbocycles. The summed E-state index contributed by atoms with van der Waals surface area (Å²) in [5, 5.41) is 15.0. The fourth-order valence-electron chi connectivity index (χ4n) is 3.38. The third-order valence-electron chi connectivity index (χ3n) is 4.91. The number of hydrogen-bond acceptors (Lipinski definition) is 5. The van der Waals surface area contributed by atoms with Crippen LogP contribution in [0.3, 0.4) is 0 Å². The van der Waals surface area contributed by atoms with Crippen LogP contribution >= 0.6 is 24.0 Å². The van der Waals surface area contributed by atoms with Crippen LogP contribution in [0.5, 0.6) is 0 Å². The van der Waals surface area contributed by atoms with E-state index in [0.717, 1.165) is 68.7 Å². The van der Waals surface area contributed by atoms with Crippen molar-refractivity contribution in [2.75, 3.05) is 31.6 Å². The van der Waals surface area contributed by atoms with E-state index in [1.807, 2.05) is 20.0 Å². The first kappa shape index (κ1) is 22.4. The number of nitrogens with one attached hydrogen (secondary N) is 2. The molecule has 0 bridgehead atoms. The molecule has 0 radical (unpaired) electrons. The third kappa shape index (κ3) is 6.05. The summed E-state index contributed by atoms with van der Waals surface area (Å²) in [6, 6.07) is 6.64. The van der Waals surface area contributed by atoms with Gasteiger partial charge >= 0.3 is 0 Å². The van der Waals surface area contributed by atoms with Gasteiger partial charge < -0.3 is 20.1 Å². The van der Waals surface area contributed by atoms with E-state index < -0.39 is 0 Å². The fraction of sp³-hybridized carbons (Fsp3) is 0.579. The van der Waals surface area contributed by atoms with Gasteiger partial charge in [-0.15, -0.1) is 34.2 Å². The van der Waals surface area contributed by atoms with E-state index in [-0.39, 0.29) is 24.0 Å². The number of aliphatic imine (C=N–C) groups is 1. The van der Waals surface area contributed by atoms with Gasteiger partial charge in [-0.3, -0.25) is 4.99 Å². The van der Waals surface area contributed by atoms with E-state index >= 15 is 0 Å². The topological polar surface area (TPSA) is 83.3 Å². The van der Waals surface area contributed by atoms with Crippen LogP contribution in [0.4, 0.5) is 5.82 Å². The van der Waals surface area contributed by atoms with Gasteiger partial charge in [-0.1, -0.05) is 13.0 Å². The molecular formula is C19H31IN8. The number of rotatable bonds is 6. The van der Waals surface area contributed by atoms with E-state index in [4.69, 9.17) is 0 Å². The number of guanidine groups is 1. The number of hydrogen-bond donors (Lipinski definition) is 2. The summed E-state index contributed by atoms with van der Waals surface area (Å²) in [7, 11) is 1.82. The Labute approximate surface area is 184 Å². The van der Waals surface area contributed by atoms with E-state index in [2.05, 4.69) is 59.3 Å². The van der Waals surface area contributed by atoms with Gasteiger partial charge in [0, 0.05) is 51.4 Å². The number of anilines is 1. The summed E-state index contributed by atoms with van der Waals surface area (Å²) in [5.74, 6) is 2.95. The van der Waals surface area contributed by atoms with Gasteiger partial charge in [0.15, 0.2) is 5.96 Å². The number of nitrogens with zero attached hydrogens (tertiary/aromatic N) is 6. The molecule has 1 fully saturated rings. The lowest BCUT2D eigenvalue weighted by molar-refractivity contribution is 0.458. The zero-order valence-electron chi connectivity index (χ0n) is 16.9. The molecule has 2 N–H and O–H groups in total. The van der Waals surface area contributed by atoms with Gasteiger partial charge in [0.05, 0.1) is 0 Å². The Balaban J connectivity index is 0.00000280. The predicted octanol–water partition coefficient (Wildman–Crippen LogP) is 2.00. The van der Waals surface area contributed by atoms with Crippen molar-refractivity contribution in [3.05, 3.63) is 36.0 Å². The van der Waals surface area contributed by atoms with Crippen LogP contribution in [0.25, 0.3) is 0 Å². The van der Waals surface area contributed by atoms with Gasteiger partial charge in [-0.25, -0.2) is 4.98 Å². The summed E-state index contributed by atoms with van der Waals surface area (Å²) in [5.41, 5.74) is 1.07. The maximum atomic E-state index is 4.63. The molecule has 28 heavy (non-hydrogen) atoms. The van der Waals surface area contributed by atoms with Crippen molar-refractivity contribution < 1.29 is 0 Å². The number of aromatic nitrogens is 4. The quantitative estimate of drug-likeness (QED) is 0.360. The summed E-state index contributed by atoms with van der Waals surface area (Å²) in [4.78, 5) is 11.4. The molecule has 0 amide bonds. The lowest BCUT2D eigenvalue weighted by Crippen LogP contribution is -2.49. The first-order valence-corrected chi connectivity index (χ1v) is 9.72. The summed E-state index contributed by atoms with van der Waals surface area (Å²) >= 11 is 0. The van der Waals surface area contributed by atoms with Crippen LogP contribution in [-0.2, 0) is 13.0 Å². The van der Waals surface area contributed by atoms with E-state index in [1.165, 1.54) is 0 Å². The monoisotopic (exact) mass is 498 g/mol. The molecule has 2 aromatic heterocycles.